The molecule has 0 N–H and O–H groups in total. The molecule has 2 nitrogen and oxygen atoms in total. The molecule has 0 unspecified atom stereocenters. The molecule has 4 heteroatoms. The van der Waals surface area contributed by atoms with E-state index in [4.69, 9.17) is 0 Å². The largest absolute Gasteiger partial charge is 0.292 e. The number of fused-ring (bicyclic) bond motifs is 1. The number of rotatable bonds is 3. The topological polar surface area (TPSA) is 16.1 Å². The SMILES string of the molecule is Fc1ccc([C@@H]2CCCN2Cc2cc(F)cc3cccnc23)cc1. The molecule has 0 radical (unpaired) electrons. The third kappa shape index (κ3) is 2.89. The van der Waals surface area contributed by atoms with E-state index in [-0.39, 0.29) is 17.7 Å². The van der Waals surface area contributed by atoms with Gasteiger partial charge < -0.3 is 0 Å². The van der Waals surface area contributed by atoms with Gasteiger partial charge in [-0.1, -0.05) is 18.2 Å². The van der Waals surface area contributed by atoms with Gasteiger partial charge in [0.1, 0.15) is 11.6 Å². The second-order valence-electron chi connectivity index (χ2n) is 6.32. The molecule has 122 valence electrons. The van der Waals surface area contributed by atoms with Crippen LogP contribution in [0.4, 0.5) is 8.78 Å². The quantitative estimate of drug-likeness (QED) is 0.684. The summed E-state index contributed by atoms with van der Waals surface area (Å²) < 4.78 is 27.1. The minimum absolute atomic E-state index is 0.219. The van der Waals surface area contributed by atoms with Gasteiger partial charge in [0.05, 0.1) is 5.52 Å². The summed E-state index contributed by atoms with van der Waals surface area (Å²) in [5.41, 5.74) is 2.87. The van der Waals surface area contributed by atoms with E-state index in [1.807, 2.05) is 24.3 Å². The number of nitrogens with zero attached hydrogens (tertiary/aromatic N) is 2. The highest BCUT2D eigenvalue weighted by Crippen LogP contribution is 2.34. The van der Waals surface area contributed by atoms with Crippen LogP contribution in [0, 0.1) is 11.6 Å². The molecule has 1 aromatic heterocycles. The van der Waals surface area contributed by atoms with Crippen molar-refractivity contribution in [3.63, 3.8) is 0 Å². The van der Waals surface area contributed by atoms with E-state index in [0.29, 0.717) is 6.54 Å². The first-order chi connectivity index (χ1) is 11.7. The summed E-state index contributed by atoms with van der Waals surface area (Å²) in [6.07, 6.45) is 3.86. The molecule has 1 saturated heterocycles. The van der Waals surface area contributed by atoms with Gasteiger partial charge in [0.15, 0.2) is 0 Å². The maximum atomic E-state index is 13.9. The molecule has 2 heterocycles. The van der Waals surface area contributed by atoms with Crippen molar-refractivity contribution in [2.45, 2.75) is 25.4 Å². The van der Waals surface area contributed by atoms with Crippen molar-refractivity contribution in [2.24, 2.45) is 0 Å². The van der Waals surface area contributed by atoms with E-state index in [2.05, 4.69) is 9.88 Å². The Morgan fingerprint density at radius 1 is 1.04 bits per heavy atom. The average molecular weight is 324 g/mol. The van der Waals surface area contributed by atoms with Crippen LogP contribution in [-0.4, -0.2) is 16.4 Å². The van der Waals surface area contributed by atoms with Gasteiger partial charge in [0.2, 0.25) is 0 Å². The summed E-state index contributed by atoms with van der Waals surface area (Å²) in [4.78, 5) is 6.76. The Bertz CT molecular complexity index is 861. The van der Waals surface area contributed by atoms with Crippen LogP contribution in [0.1, 0.15) is 30.0 Å². The standard InChI is InChI=1S/C20H18F2N2/c21-17-7-5-14(6-8-17)19-4-2-10-24(19)13-16-12-18(22)11-15-3-1-9-23-20(15)16/h1,3,5-9,11-12,19H,2,4,10,13H2/t19-/m0/s1. The molecule has 0 amide bonds. The second kappa shape index (κ2) is 6.29. The van der Waals surface area contributed by atoms with E-state index >= 15 is 0 Å². The fraction of sp³-hybridized carbons (Fsp3) is 0.250. The average Bonchev–Trinajstić information content (AvgIpc) is 3.03. The van der Waals surface area contributed by atoms with Gasteiger partial charge in [-0.05, 0) is 60.8 Å². The van der Waals surface area contributed by atoms with Crippen molar-refractivity contribution in [1.29, 1.82) is 0 Å². The summed E-state index contributed by atoms with van der Waals surface area (Å²) in [6, 6.07) is 13.8. The molecule has 2 aromatic carbocycles. The normalized spacial score (nSPS) is 18.3. The molecule has 3 aromatic rings. The van der Waals surface area contributed by atoms with Crippen LogP contribution in [0.15, 0.2) is 54.7 Å². The van der Waals surface area contributed by atoms with E-state index in [1.54, 1.807) is 12.3 Å². The molecule has 0 saturated carbocycles. The van der Waals surface area contributed by atoms with Crippen molar-refractivity contribution < 1.29 is 8.78 Å². The van der Waals surface area contributed by atoms with Crippen molar-refractivity contribution in [1.82, 2.24) is 9.88 Å². The summed E-state index contributed by atoms with van der Waals surface area (Å²) in [5.74, 6) is -0.452. The minimum atomic E-state index is -0.233. The van der Waals surface area contributed by atoms with Crippen LogP contribution in [-0.2, 0) is 6.54 Å². The van der Waals surface area contributed by atoms with Gasteiger partial charge >= 0.3 is 0 Å². The van der Waals surface area contributed by atoms with Crippen molar-refractivity contribution in [3.8, 4) is 0 Å². The Morgan fingerprint density at radius 2 is 1.88 bits per heavy atom. The molecule has 1 aliphatic rings. The van der Waals surface area contributed by atoms with Crippen LogP contribution < -0.4 is 0 Å². The highest BCUT2D eigenvalue weighted by atomic mass is 19.1. The number of pyridine rings is 1. The highest BCUT2D eigenvalue weighted by Gasteiger charge is 2.26. The number of hydrogen-bond donors (Lipinski definition) is 0. The van der Waals surface area contributed by atoms with E-state index < -0.39 is 0 Å². The summed E-state index contributed by atoms with van der Waals surface area (Å²) in [7, 11) is 0. The van der Waals surface area contributed by atoms with Crippen LogP contribution in [0.5, 0.6) is 0 Å². The van der Waals surface area contributed by atoms with Gasteiger partial charge in [-0.15, -0.1) is 0 Å². The molecule has 0 aliphatic carbocycles. The highest BCUT2D eigenvalue weighted by molar-refractivity contribution is 5.81. The van der Waals surface area contributed by atoms with Crippen molar-refractivity contribution in [3.05, 3.63) is 77.5 Å². The van der Waals surface area contributed by atoms with Crippen LogP contribution in [0.25, 0.3) is 10.9 Å². The van der Waals surface area contributed by atoms with Gasteiger partial charge in [0.25, 0.3) is 0 Å². The first-order valence-corrected chi connectivity index (χ1v) is 8.23. The third-order valence-corrected chi connectivity index (χ3v) is 4.74. The molecular formula is C20H18F2N2. The lowest BCUT2D eigenvalue weighted by atomic mass is 10.0. The lowest BCUT2D eigenvalue weighted by Gasteiger charge is -2.25. The zero-order valence-electron chi connectivity index (χ0n) is 13.3. The molecule has 1 aliphatic heterocycles. The molecule has 1 fully saturated rings. The van der Waals surface area contributed by atoms with Gasteiger partial charge in [-0.3, -0.25) is 9.88 Å². The van der Waals surface area contributed by atoms with Gasteiger partial charge in [0, 0.05) is 24.2 Å². The molecule has 0 bridgehead atoms. The molecule has 4 rings (SSSR count). The fourth-order valence-corrected chi connectivity index (χ4v) is 3.64. The first kappa shape index (κ1) is 15.2. The number of aromatic nitrogens is 1. The van der Waals surface area contributed by atoms with E-state index in [9.17, 15) is 8.78 Å². The number of halogens is 2. The Balaban J connectivity index is 1.66. The van der Waals surface area contributed by atoms with Gasteiger partial charge in [-0.2, -0.15) is 0 Å². The smallest absolute Gasteiger partial charge is 0.124 e. The minimum Gasteiger partial charge on any atom is -0.292 e. The number of hydrogen-bond acceptors (Lipinski definition) is 2. The van der Waals surface area contributed by atoms with Crippen LogP contribution in [0.2, 0.25) is 0 Å². The molecule has 24 heavy (non-hydrogen) atoms. The Hall–Kier alpha value is -2.33. The predicted molar refractivity (Wildman–Crippen MR) is 90.5 cm³/mol. The van der Waals surface area contributed by atoms with Crippen molar-refractivity contribution in [2.75, 3.05) is 6.54 Å². The Kier molecular flexibility index (Phi) is 3.98. The molecular weight excluding hydrogens is 306 g/mol. The molecule has 1 atom stereocenters. The van der Waals surface area contributed by atoms with Gasteiger partial charge in [-0.25, -0.2) is 8.78 Å². The zero-order chi connectivity index (χ0) is 16.5. The second-order valence-corrected chi connectivity index (χ2v) is 6.32. The van der Waals surface area contributed by atoms with E-state index in [1.165, 1.54) is 18.2 Å². The monoisotopic (exact) mass is 324 g/mol. The number of likely N-dealkylation sites (tertiary alicyclic amines) is 1. The van der Waals surface area contributed by atoms with E-state index in [0.717, 1.165) is 41.4 Å². The summed E-state index contributed by atoms with van der Waals surface area (Å²) in [6.45, 7) is 1.60. The maximum Gasteiger partial charge on any atom is 0.124 e. The predicted octanol–water partition coefficient (Wildman–Crippen LogP) is 4.85. The fourth-order valence-electron chi connectivity index (χ4n) is 3.64. The lowest BCUT2D eigenvalue weighted by Crippen LogP contribution is -2.23. The summed E-state index contributed by atoms with van der Waals surface area (Å²) in [5, 5.41) is 0.824. The Morgan fingerprint density at radius 3 is 2.71 bits per heavy atom. The number of benzene rings is 2. The van der Waals surface area contributed by atoms with Crippen molar-refractivity contribution >= 4 is 10.9 Å². The third-order valence-electron chi connectivity index (χ3n) is 4.74. The maximum absolute atomic E-state index is 13.9. The first-order valence-electron chi connectivity index (χ1n) is 8.23. The summed E-state index contributed by atoms with van der Waals surface area (Å²) >= 11 is 0. The molecule has 0 spiro atoms. The lowest BCUT2D eigenvalue weighted by molar-refractivity contribution is 0.249. The van der Waals surface area contributed by atoms with Crippen LogP contribution >= 0.6 is 0 Å². The Labute approximate surface area is 139 Å². The van der Waals surface area contributed by atoms with Crippen LogP contribution in [0.3, 0.4) is 0 Å². The zero-order valence-corrected chi connectivity index (χ0v) is 13.3.